The van der Waals surface area contributed by atoms with Crippen molar-refractivity contribution in [3.63, 3.8) is 0 Å². The van der Waals surface area contributed by atoms with E-state index in [-0.39, 0.29) is 5.91 Å². The number of benzene rings is 1. The van der Waals surface area contributed by atoms with Crippen molar-refractivity contribution < 1.29 is 4.79 Å². The highest BCUT2D eigenvalue weighted by atomic mass is 79.9. The molecule has 1 aliphatic rings. The highest BCUT2D eigenvalue weighted by molar-refractivity contribution is 9.10. The molecule has 1 aromatic rings. The molecule has 108 valence electrons. The summed E-state index contributed by atoms with van der Waals surface area (Å²) in [4.78, 5) is 15.4. The Kier molecular flexibility index (Phi) is 5.33. The van der Waals surface area contributed by atoms with Gasteiger partial charge < -0.3 is 4.90 Å². The fourth-order valence-corrected chi connectivity index (χ4v) is 3.68. The zero-order valence-corrected chi connectivity index (χ0v) is 14.4. The van der Waals surface area contributed by atoms with Gasteiger partial charge in [-0.3, -0.25) is 4.79 Å². The highest BCUT2D eigenvalue weighted by Gasteiger charge is 2.18. The quantitative estimate of drug-likeness (QED) is 0.595. The molecule has 0 N–H and O–H groups in total. The zero-order chi connectivity index (χ0) is 14.7. The molecule has 2 nitrogen and oxygen atoms in total. The van der Waals surface area contributed by atoms with E-state index in [4.69, 9.17) is 0 Å². The van der Waals surface area contributed by atoms with Crippen LogP contribution >= 0.6 is 27.7 Å². The Labute approximate surface area is 133 Å². The second kappa shape index (κ2) is 6.81. The number of likely N-dealkylation sites (tertiary alicyclic amines) is 1. The van der Waals surface area contributed by atoms with Gasteiger partial charge in [-0.2, -0.15) is 0 Å². The van der Waals surface area contributed by atoms with E-state index in [9.17, 15) is 4.79 Å². The van der Waals surface area contributed by atoms with Crippen LogP contribution in [0.15, 0.2) is 33.7 Å². The number of hydrogen-bond acceptors (Lipinski definition) is 2. The van der Waals surface area contributed by atoms with Gasteiger partial charge in [-0.25, -0.2) is 0 Å². The lowest BCUT2D eigenvalue weighted by Crippen LogP contribution is -2.37. The molecule has 0 saturated carbocycles. The molecule has 1 fully saturated rings. The molecule has 20 heavy (non-hydrogen) atoms. The Hall–Kier alpha value is -0.740. The molecule has 0 radical (unpaired) electrons. The second-order valence-electron chi connectivity index (χ2n) is 5.29. The summed E-state index contributed by atoms with van der Waals surface area (Å²) in [5, 5.41) is 0. The molecule has 4 heteroatoms. The van der Waals surface area contributed by atoms with Crippen LogP contribution in [0.2, 0.25) is 0 Å². The maximum absolute atomic E-state index is 12.2. The van der Waals surface area contributed by atoms with Crippen LogP contribution < -0.4 is 0 Å². The molecular formula is C16H20BrNOS. The van der Waals surface area contributed by atoms with Gasteiger partial charge in [-0.05, 0) is 49.9 Å². The van der Waals surface area contributed by atoms with E-state index in [1.165, 1.54) is 21.6 Å². The van der Waals surface area contributed by atoms with E-state index in [1.807, 2.05) is 4.90 Å². The largest absolute Gasteiger partial charge is 0.341 e. The Morgan fingerprint density at radius 3 is 2.60 bits per heavy atom. The molecule has 1 aliphatic heterocycles. The van der Waals surface area contributed by atoms with Gasteiger partial charge in [0.15, 0.2) is 0 Å². The van der Waals surface area contributed by atoms with E-state index >= 15 is 0 Å². The van der Waals surface area contributed by atoms with Crippen LogP contribution in [0.25, 0.3) is 0 Å². The molecule has 0 atom stereocenters. The van der Waals surface area contributed by atoms with Crippen molar-refractivity contribution in [2.24, 2.45) is 0 Å². The third-order valence-corrected chi connectivity index (χ3v) is 5.63. The Morgan fingerprint density at radius 2 is 1.95 bits per heavy atom. The minimum atomic E-state index is 0.238. The SMILES string of the molecule is C=C1CCN(C(=O)CSc2cc(C)c(Br)cc2C)CC1. The number of amides is 1. The number of aryl methyl sites for hydroxylation is 2. The van der Waals surface area contributed by atoms with Gasteiger partial charge in [-0.15, -0.1) is 11.8 Å². The molecular weight excluding hydrogens is 334 g/mol. The Morgan fingerprint density at radius 1 is 1.30 bits per heavy atom. The number of rotatable bonds is 3. The molecule has 1 amide bonds. The lowest BCUT2D eigenvalue weighted by Gasteiger charge is -2.28. The van der Waals surface area contributed by atoms with Crippen molar-refractivity contribution in [1.82, 2.24) is 4.90 Å². The average molecular weight is 354 g/mol. The molecule has 2 rings (SSSR count). The van der Waals surface area contributed by atoms with E-state index < -0.39 is 0 Å². The first-order valence-electron chi connectivity index (χ1n) is 6.81. The summed E-state index contributed by atoms with van der Waals surface area (Å²) in [6.07, 6.45) is 1.90. The van der Waals surface area contributed by atoms with E-state index in [1.54, 1.807) is 11.8 Å². The maximum Gasteiger partial charge on any atom is 0.232 e. The van der Waals surface area contributed by atoms with Crippen LogP contribution in [0.5, 0.6) is 0 Å². The number of hydrogen-bond donors (Lipinski definition) is 0. The standard InChI is InChI=1S/C16H20BrNOS/c1-11-4-6-18(7-5-11)16(19)10-20-15-9-12(2)14(17)8-13(15)3/h8-9H,1,4-7,10H2,2-3H3. The number of thioether (sulfide) groups is 1. The monoisotopic (exact) mass is 353 g/mol. The van der Waals surface area contributed by atoms with Crippen LogP contribution in [0, 0.1) is 13.8 Å². The van der Waals surface area contributed by atoms with Crippen molar-refractivity contribution >= 4 is 33.6 Å². The fraction of sp³-hybridized carbons (Fsp3) is 0.438. The molecule has 0 unspecified atom stereocenters. The van der Waals surface area contributed by atoms with E-state index in [2.05, 4.69) is 48.5 Å². The molecule has 1 saturated heterocycles. The molecule has 1 heterocycles. The molecule has 0 spiro atoms. The number of nitrogens with zero attached hydrogens (tertiary/aromatic N) is 1. The first-order chi connectivity index (χ1) is 9.47. The first-order valence-corrected chi connectivity index (χ1v) is 8.59. The topological polar surface area (TPSA) is 20.3 Å². The van der Waals surface area contributed by atoms with Crippen LogP contribution in [0.3, 0.4) is 0 Å². The van der Waals surface area contributed by atoms with Gasteiger partial charge in [0.25, 0.3) is 0 Å². The minimum absolute atomic E-state index is 0.238. The highest BCUT2D eigenvalue weighted by Crippen LogP contribution is 2.28. The summed E-state index contributed by atoms with van der Waals surface area (Å²) in [6, 6.07) is 4.27. The Balaban J connectivity index is 1.93. The predicted octanol–water partition coefficient (Wildman–Crippen LogP) is 4.34. The summed E-state index contributed by atoms with van der Waals surface area (Å²) in [5.74, 6) is 0.761. The molecule has 0 bridgehead atoms. The van der Waals surface area contributed by atoms with Gasteiger partial charge in [0.2, 0.25) is 5.91 Å². The average Bonchev–Trinajstić information content (AvgIpc) is 2.42. The number of halogens is 1. The third-order valence-electron chi connectivity index (χ3n) is 3.63. The van der Waals surface area contributed by atoms with Crippen molar-refractivity contribution in [1.29, 1.82) is 0 Å². The molecule has 1 aromatic carbocycles. The van der Waals surface area contributed by atoms with Crippen molar-refractivity contribution in [2.75, 3.05) is 18.8 Å². The van der Waals surface area contributed by atoms with Crippen LogP contribution in [0.4, 0.5) is 0 Å². The van der Waals surface area contributed by atoms with Crippen molar-refractivity contribution in [2.45, 2.75) is 31.6 Å². The third kappa shape index (κ3) is 3.89. The number of piperidine rings is 1. The zero-order valence-electron chi connectivity index (χ0n) is 12.0. The van der Waals surface area contributed by atoms with Crippen molar-refractivity contribution in [3.8, 4) is 0 Å². The molecule has 0 aromatic heterocycles. The second-order valence-corrected chi connectivity index (χ2v) is 7.16. The number of carbonyl (C=O) groups is 1. The van der Waals surface area contributed by atoms with Crippen molar-refractivity contribution in [3.05, 3.63) is 39.9 Å². The number of carbonyl (C=O) groups excluding carboxylic acids is 1. The van der Waals surface area contributed by atoms with Gasteiger partial charge in [-0.1, -0.05) is 28.1 Å². The van der Waals surface area contributed by atoms with E-state index in [0.717, 1.165) is 30.4 Å². The summed E-state index contributed by atoms with van der Waals surface area (Å²) in [5.41, 5.74) is 3.69. The lowest BCUT2D eigenvalue weighted by atomic mass is 10.1. The van der Waals surface area contributed by atoms with Gasteiger partial charge in [0.1, 0.15) is 0 Å². The predicted molar refractivity (Wildman–Crippen MR) is 89.3 cm³/mol. The summed E-state index contributed by atoms with van der Waals surface area (Å²) < 4.78 is 1.13. The van der Waals surface area contributed by atoms with Crippen LogP contribution in [-0.4, -0.2) is 29.6 Å². The first kappa shape index (κ1) is 15.6. The van der Waals surface area contributed by atoms with Crippen LogP contribution in [0.1, 0.15) is 24.0 Å². The van der Waals surface area contributed by atoms with Crippen LogP contribution in [-0.2, 0) is 4.79 Å². The normalized spacial score (nSPS) is 15.6. The van der Waals surface area contributed by atoms with Gasteiger partial charge in [0.05, 0.1) is 5.75 Å². The summed E-state index contributed by atoms with van der Waals surface area (Å²) in [7, 11) is 0. The summed E-state index contributed by atoms with van der Waals surface area (Å²) in [6.45, 7) is 9.80. The Bertz CT molecular complexity index is 532. The smallest absolute Gasteiger partial charge is 0.232 e. The lowest BCUT2D eigenvalue weighted by molar-refractivity contribution is -0.128. The van der Waals surface area contributed by atoms with Gasteiger partial charge >= 0.3 is 0 Å². The maximum atomic E-state index is 12.2. The minimum Gasteiger partial charge on any atom is -0.341 e. The van der Waals surface area contributed by atoms with E-state index in [0.29, 0.717) is 5.75 Å². The van der Waals surface area contributed by atoms with Gasteiger partial charge in [0, 0.05) is 22.5 Å². The molecule has 0 aliphatic carbocycles. The fourth-order valence-electron chi connectivity index (χ4n) is 2.21. The summed E-state index contributed by atoms with van der Waals surface area (Å²) >= 11 is 5.17.